The first-order valence-corrected chi connectivity index (χ1v) is 6.96. The lowest BCUT2D eigenvalue weighted by Gasteiger charge is -2.06. The van der Waals surface area contributed by atoms with Crippen LogP contribution in [0.3, 0.4) is 0 Å². The van der Waals surface area contributed by atoms with Gasteiger partial charge in [-0.05, 0) is 42.2 Å². The lowest BCUT2D eigenvalue weighted by Crippen LogP contribution is -1.90. The fourth-order valence-corrected chi connectivity index (χ4v) is 2.35. The summed E-state index contributed by atoms with van der Waals surface area (Å²) in [6, 6.07) is 14.0. The Labute approximate surface area is 124 Å². The minimum absolute atomic E-state index is 0.824. The molecule has 3 aromatic rings. The van der Waals surface area contributed by atoms with Crippen molar-refractivity contribution in [3.05, 3.63) is 73.2 Å². The number of hydrogen-bond acceptors (Lipinski definition) is 2. The minimum Gasteiger partial charge on any atom is -0.277 e. The van der Waals surface area contributed by atoms with E-state index in [2.05, 4.69) is 34.4 Å². The number of fused-ring (bicyclic) bond motifs is 1. The average Bonchev–Trinajstić information content (AvgIpc) is 2.97. The van der Waals surface area contributed by atoms with Gasteiger partial charge in [-0.1, -0.05) is 37.4 Å². The SMILES string of the molecule is C=C(CCC(=C)c1n[nH]c2ccccc12)c1ccccn1. The van der Waals surface area contributed by atoms with Crippen molar-refractivity contribution in [1.82, 2.24) is 15.2 Å². The van der Waals surface area contributed by atoms with Crippen LogP contribution in [0, 0.1) is 0 Å². The number of aromatic nitrogens is 3. The highest BCUT2D eigenvalue weighted by atomic mass is 15.1. The van der Waals surface area contributed by atoms with E-state index < -0.39 is 0 Å². The van der Waals surface area contributed by atoms with Crippen LogP contribution in [-0.4, -0.2) is 15.2 Å². The zero-order valence-corrected chi connectivity index (χ0v) is 11.8. The molecule has 3 heteroatoms. The number of para-hydroxylation sites is 1. The second-order valence-electron chi connectivity index (χ2n) is 5.04. The van der Waals surface area contributed by atoms with Gasteiger partial charge in [-0.3, -0.25) is 10.1 Å². The van der Waals surface area contributed by atoms with Crippen molar-refractivity contribution < 1.29 is 0 Å². The molecule has 0 aliphatic rings. The van der Waals surface area contributed by atoms with E-state index in [4.69, 9.17) is 0 Å². The molecule has 104 valence electrons. The van der Waals surface area contributed by atoms with E-state index in [-0.39, 0.29) is 0 Å². The summed E-state index contributed by atoms with van der Waals surface area (Å²) >= 11 is 0. The van der Waals surface area contributed by atoms with Crippen molar-refractivity contribution in [3.63, 3.8) is 0 Å². The Morgan fingerprint density at radius 1 is 0.952 bits per heavy atom. The molecule has 2 heterocycles. The molecule has 0 unspecified atom stereocenters. The van der Waals surface area contributed by atoms with Gasteiger partial charge in [-0.2, -0.15) is 5.10 Å². The number of benzene rings is 1. The fraction of sp³-hybridized carbons (Fsp3) is 0.111. The third-order valence-corrected chi connectivity index (χ3v) is 3.56. The fourth-order valence-electron chi connectivity index (χ4n) is 2.35. The van der Waals surface area contributed by atoms with Crippen LogP contribution in [0.1, 0.15) is 24.2 Å². The molecule has 3 rings (SSSR count). The first-order valence-electron chi connectivity index (χ1n) is 6.96. The highest BCUT2D eigenvalue weighted by molar-refractivity contribution is 5.89. The van der Waals surface area contributed by atoms with E-state index in [1.54, 1.807) is 6.20 Å². The molecule has 0 saturated heterocycles. The normalized spacial score (nSPS) is 10.7. The predicted molar refractivity (Wildman–Crippen MR) is 87.6 cm³/mol. The molecule has 0 fully saturated rings. The van der Waals surface area contributed by atoms with Crippen LogP contribution in [0.15, 0.2) is 61.8 Å². The molecular formula is C18H17N3. The first-order chi connectivity index (χ1) is 10.3. The molecule has 0 atom stereocenters. The van der Waals surface area contributed by atoms with E-state index in [0.29, 0.717) is 0 Å². The third kappa shape index (κ3) is 2.77. The maximum absolute atomic E-state index is 4.38. The van der Waals surface area contributed by atoms with Crippen LogP contribution in [0.2, 0.25) is 0 Å². The van der Waals surface area contributed by atoms with Crippen LogP contribution in [-0.2, 0) is 0 Å². The minimum atomic E-state index is 0.824. The quantitative estimate of drug-likeness (QED) is 0.746. The van der Waals surface area contributed by atoms with Gasteiger partial charge >= 0.3 is 0 Å². The summed E-state index contributed by atoms with van der Waals surface area (Å²) < 4.78 is 0. The molecule has 0 bridgehead atoms. The Morgan fingerprint density at radius 2 is 1.71 bits per heavy atom. The average molecular weight is 275 g/mol. The van der Waals surface area contributed by atoms with Crippen LogP contribution in [0.4, 0.5) is 0 Å². The van der Waals surface area contributed by atoms with Gasteiger partial charge < -0.3 is 0 Å². The number of aromatic amines is 1. The summed E-state index contributed by atoms with van der Waals surface area (Å²) in [5.74, 6) is 0. The monoisotopic (exact) mass is 275 g/mol. The van der Waals surface area contributed by atoms with Crippen LogP contribution in [0.25, 0.3) is 22.0 Å². The molecule has 21 heavy (non-hydrogen) atoms. The molecule has 0 aliphatic carbocycles. The number of H-pyrrole nitrogens is 1. The summed E-state index contributed by atoms with van der Waals surface area (Å²) in [5.41, 5.74) is 4.97. The van der Waals surface area contributed by atoms with E-state index in [0.717, 1.165) is 46.3 Å². The highest BCUT2D eigenvalue weighted by Crippen LogP contribution is 2.27. The summed E-state index contributed by atoms with van der Waals surface area (Å²) in [4.78, 5) is 4.32. The third-order valence-electron chi connectivity index (χ3n) is 3.56. The Bertz CT molecular complexity index is 784. The zero-order valence-electron chi connectivity index (χ0n) is 11.8. The molecule has 2 aromatic heterocycles. The van der Waals surface area contributed by atoms with Crippen molar-refractivity contribution in [2.24, 2.45) is 0 Å². The van der Waals surface area contributed by atoms with E-state index >= 15 is 0 Å². The lowest BCUT2D eigenvalue weighted by molar-refractivity contribution is 1.04. The van der Waals surface area contributed by atoms with Gasteiger partial charge in [0.25, 0.3) is 0 Å². The molecule has 0 spiro atoms. The summed E-state index contributed by atoms with van der Waals surface area (Å²) in [7, 11) is 0. The molecule has 0 saturated carbocycles. The number of nitrogens with zero attached hydrogens (tertiary/aromatic N) is 2. The topological polar surface area (TPSA) is 41.6 Å². The van der Waals surface area contributed by atoms with Gasteiger partial charge in [-0.25, -0.2) is 0 Å². The Kier molecular flexibility index (Phi) is 3.65. The van der Waals surface area contributed by atoms with Crippen molar-refractivity contribution in [2.45, 2.75) is 12.8 Å². The number of nitrogens with one attached hydrogen (secondary N) is 1. The van der Waals surface area contributed by atoms with Crippen LogP contribution in [0.5, 0.6) is 0 Å². The van der Waals surface area contributed by atoms with Gasteiger partial charge in [0, 0.05) is 11.6 Å². The van der Waals surface area contributed by atoms with Crippen LogP contribution < -0.4 is 0 Å². The van der Waals surface area contributed by atoms with E-state index in [9.17, 15) is 0 Å². The molecule has 0 radical (unpaired) electrons. The largest absolute Gasteiger partial charge is 0.277 e. The van der Waals surface area contributed by atoms with Gasteiger partial charge in [0.15, 0.2) is 0 Å². The number of allylic oxidation sites excluding steroid dienone is 2. The number of hydrogen-bond donors (Lipinski definition) is 1. The van der Waals surface area contributed by atoms with Gasteiger partial charge in [0.2, 0.25) is 0 Å². The second-order valence-corrected chi connectivity index (χ2v) is 5.04. The van der Waals surface area contributed by atoms with Crippen LogP contribution >= 0.6 is 0 Å². The first kappa shape index (κ1) is 13.3. The second kappa shape index (κ2) is 5.75. The van der Waals surface area contributed by atoms with Crippen molar-refractivity contribution in [3.8, 4) is 0 Å². The summed E-state index contributed by atoms with van der Waals surface area (Å²) in [5, 5.41) is 8.54. The predicted octanol–water partition coefficient (Wildman–Crippen LogP) is 4.46. The Morgan fingerprint density at radius 3 is 2.52 bits per heavy atom. The smallest absolute Gasteiger partial charge is 0.0953 e. The number of rotatable bonds is 5. The van der Waals surface area contributed by atoms with E-state index in [1.807, 2.05) is 36.4 Å². The summed E-state index contributed by atoms with van der Waals surface area (Å²) in [6.45, 7) is 8.28. The lowest BCUT2D eigenvalue weighted by atomic mass is 10.0. The maximum Gasteiger partial charge on any atom is 0.0953 e. The molecule has 3 nitrogen and oxygen atoms in total. The Hall–Kier alpha value is -2.68. The highest BCUT2D eigenvalue weighted by Gasteiger charge is 2.09. The molecule has 1 aromatic carbocycles. The van der Waals surface area contributed by atoms with Gasteiger partial charge in [0.1, 0.15) is 0 Å². The molecule has 1 N–H and O–H groups in total. The van der Waals surface area contributed by atoms with Crippen molar-refractivity contribution in [2.75, 3.05) is 0 Å². The van der Waals surface area contributed by atoms with Crippen molar-refractivity contribution >= 4 is 22.0 Å². The standard InChI is InChI=1S/C18H17N3/c1-13(16-8-5-6-12-19-16)10-11-14(2)18-15-7-3-4-9-17(15)20-21-18/h3-9,12H,1-2,10-11H2,(H,20,21). The Balaban J connectivity index is 1.71. The maximum atomic E-state index is 4.38. The molecular weight excluding hydrogens is 258 g/mol. The molecule has 0 amide bonds. The number of pyridine rings is 1. The zero-order chi connectivity index (χ0) is 14.7. The van der Waals surface area contributed by atoms with Crippen molar-refractivity contribution in [1.29, 1.82) is 0 Å². The van der Waals surface area contributed by atoms with E-state index in [1.165, 1.54) is 0 Å². The van der Waals surface area contributed by atoms with Gasteiger partial charge in [0.05, 0.1) is 16.9 Å². The van der Waals surface area contributed by atoms with Gasteiger partial charge in [-0.15, -0.1) is 0 Å². The summed E-state index contributed by atoms with van der Waals surface area (Å²) in [6.07, 6.45) is 3.44. The molecule has 0 aliphatic heterocycles.